The lowest BCUT2D eigenvalue weighted by Crippen LogP contribution is -2.54. The van der Waals surface area contributed by atoms with E-state index >= 15 is 0 Å². The van der Waals surface area contributed by atoms with E-state index in [0.29, 0.717) is 0 Å². The number of amides is 1. The van der Waals surface area contributed by atoms with Crippen molar-refractivity contribution in [3.63, 3.8) is 0 Å². The number of nitrogens with one attached hydrogen (secondary N) is 1. The van der Waals surface area contributed by atoms with Gasteiger partial charge in [0.1, 0.15) is 30.6 Å². The molecule has 0 fully saturated rings. The molecular formula is C8H15NO9S. The zero-order valence-electron chi connectivity index (χ0n) is 9.83. The van der Waals surface area contributed by atoms with Crippen LogP contribution in [0.15, 0.2) is 0 Å². The van der Waals surface area contributed by atoms with Crippen LogP contribution in [0.5, 0.6) is 0 Å². The van der Waals surface area contributed by atoms with E-state index in [-0.39, 0.29) is 6.29 Å². The molecule has 0 aromatic carbocycles. The van der Waals surface area contributed by atoms with E-state index in [9.17, 15) is 28.2 Å². The van der Waals surface area contributed by atoms with Crippen molar-refractivity contribution in [2.45, 2.75) is 31.3 Å². The van der Waals surface area contributed by atoms with E-state index in [1.54, 1.807) is 0 Å². The number of aldehydes is 1. The molecule has 0 heterocycles. The lowest BCUT2D eigenvalue weighted by Gasteiger charge is -2.28. The van der Waals surface area contributed by atoms with Gasteiger partial charge in [-0.25, -0.2) is 4.18 Å². The van der Waals surface area contributed by atoms with Crippen molar-refractivity contribution in [1.82, 2.24) is 5.32 Å². The van der Waals surface area contributed by atoms with E-state index in [1.165, 1.54) is 0 Å². The van der Waals surface area contributed by atoms with Crippen LogP contribution < -0.4 is 5.32 Å². The first-order valence-electron chi connectivity index (χ1n) is 4.97. The maximum Gasteiger partial charge on any atom is 0.397 e. The van der Waals surface area contributed by atoms with E-state index in [2.05, 4.69) is 4.18 Å². The maximum absolute atomic E-state index is 10.8. The molecule has 0 aliphatic rings. The Labute approximate surface area is 109 Å². The molecule has 0 unspecified atom stereocenters. The van der Waals surface area contributed by atoms with Crippen molar-refractivity contribution in [3.05, 3.63) is 0 Å². The molecule has 0 saturated heterocycles. The normalized spacial score (nSPS) is 18.2. The smallest absolute Gasteiger partial charge is 0.394 e. The number of hydrogen-bond donors (Lipinski definition) is 5. The number of carbonyl (C=O) groups excluding carboxylic acids is 2. The van der Waals surface area contributed by atoms with E-state index < -0.39 is 47.3 Å². The molecule has 4 atom stereocenters. The number of carbonyl (C=O) groups is 2. The summed E-state index contributed by atoms with van der Waals surface area (Å²) < 4.78 is 33.8. The van der Waals surface area contributed by atoms with Crippen LogP contribution in [-0.2, 0) is 24.2 Å². The third-order valence-electron chi connectivity index (χ3n) is 2.02. The number of aliphatic hydroxyl groups is 3. The molecule has 0 aromatic heterocycles. The average molecular weight is 301 g/mol. The Morgan fingerprint density at radius 1 is 1.42 bits per heavy atom. The van der Waals surface area contributed by atoms with Crippen LogP contribution in [0.25, 0.3) is 0 Å². The molecule has 0 spiro atoms. The molecule has 112 valence electrons. The van der Waals surface area contributed by atoms with E-state index in [0.717, 1.165) is 6.92 Å². The Balaban J connectivity index is 5.23. The second-order valence-electron chi connectivity index (χ2n) is 3.59. The molecule has 0 rings (SSSR count). The van der Waals surface area contributed by atoms with Crippen LogP contribution in [0.1, 0.15) is 6.92 Å². The quantitative estimate of drug-likeness (QED) is 0.226. The summed E-state index contributed by atoms with van der Waals surface area (Å²) in [6.07, 6.45) is -5.85. The second-order valence-corrected chi connectivity index (χ2v) is 4.64. The van der Waals surface area contributed by atoms with Crippen molar-refractivity contribution in [3.8, 4) is 0 Å². The molecule has 11 heteroatoms. The summed E-state index contributed by atoms with van der Waals surface area (Å²) in [7, 11) is -5.06. The number of hydrogen-bond acceptors (Lipinski definition) is 8. The zero-order valence-corrected chi connectivity index (χ0v) is 10.6. The lowest BCUT2D eigenvalue weighted by atomic mass is 10.0. The fraction of sp³-hybridized carbons (Fsp3) is 0.750. The number of aliphatic hydroxyl groups excluding tert-OH is 3. The van der Waals surface area contributed by atoms with Crippen LogP contribution in [0, 0.1) is 0 Å². The van der Waals surface area contributed by atoms with Crippen molar-refractivity contribution in [1.29, 1.82) is 0 Å². The zero-order chi connectivity index (χ0) is 15.2. The van der Waals surface area contributed by atoms with Gasteiger partial charge >= 0.3 is 10.4 Å². The monoisotopic (exact) mass is 301 g/mol. The van der Waals surface area contributed by atoms with Gasteiger partial charge in [-0.1, -0.05) is 0 Å². The summed E-state index contributed by atoms with van der Waals surface area (Å²) in [5.74, 6) is -0.744. The first-order valence-corrected chi connectivity index (χ1v) is 6.34. The molecule has 0 aliphatic heterocycles. The molecule has 0 aliphatic carbocycles. The Morgan fingerprint density at radius 3 is 2.26 bits per heavy atom. The third kappa shape index (κ3) is 6.56. The van der Waals surface area contributed by atoms with Gasteiger partial charge in [-0.05, 0) is 0 Å². The Morgan fingerprint density at radius 2 is 1.95 bits per heavy atom. The van der Waals surface area contributed by atoms with Crippen molar-refractivity contribution in [2.24, 2.45) is 0 Å². The lowest BCUT2D eigenvalue weighted by molar-refractivity contribution is -0.128. The highest BCUT2D eigenvalue weighted by atomic mass is 32.3. The van der Waals surface area contributed by atoms with E-state index in [4.69, 9.17) is 9.66 Å². The minimum absolute atomic E-state index is 0.0462. The van der Waals surface area contributed by atoms with Gasteiger partial charge in [0.25, 0.3) is 0 Å². The first kappa shape index (κ1) is 17.9. The highest BCUT2D eigenvalue weighted by Gasteiger charge is 2.37. The minimum Gasteiger partial charge on any atom is -0.394 e. The molecule has 10 nitrogen and oxygen atoms in total. The molecule has 0 radical (unpaired) electrons. The maximum atomic E-state index is 10.8. The molecule has 5 N–H and O–H groups in total. The molecule has 0 aromatic rings. The van der Waals surface area contributed by atoms with Gasteiger partial charge in [0.15, 0.2) is 0 Å². The Hall–Kier alpha value is -1.11. The topological polar surface area (TPSA) is 170 Å². The average Bonchev–Trinajstić information content (AvgIpc) is 2.29. The van der Waals surface area contributed by atoms with Crippen LogP contribution >= 0.6 is 0 Å². The summed E-state index contributed by atoms with van der Waals surface area (Å²) in [5.41, 5.74) is 0. The van der Waals surface area contributed by atoms with Crippen LogP contribution in [0.3, 0.4) is 0 Å². The minimum atomic E-state index is -5.06. The van der Waals surface area contributed by atoms with Crippen molar-refractivity contribution >= 4 is 22.6 Å². The van der Waals surface area contributed by atoms with Gasteiger partial charge in [-0.15, -0.1) is 0 Å². The van der Waals surface area contributed by atoms with Gasteiger partial charge in [0.05, 0.1) is 6.61 Å². The van der Waals surface area contributed by atoms with Gasteiger partial charge in [-0.2, -0.15) is 8.42 Å². The Kier molecular flexibility index (Phi) is 7.04. The summed E-state index contributed by atoms with van der Waals surface area (Å²) in [6, 6.07) is -1.66. The SMILES string of the molecule is CC(=O)N[C@@H](C=O)[C@@H](OS(=O)(=O)O)[C@@H](O)[C@H](O)CO. The first-order chi connectivity index (χ1) is 8.62. The molecule has 0 bridgehead atoms. The molecule has 1 amide bonds. The van der Waals surface area contributed by atoms with Gasteiger partial charge < -0.3 is 25.4 Å². The number of rotatable bonds is 8. The van der Waals surface area contributed by atoms with E-state index in [1.807, 2.05) is 5.32 Å². The summed E-state index contributed by atoms with van der Waals surface area (Å²) in [5, 5.41) is 29.3. The van der Waals surface area contributed by atoms with Gasteiger partial charge in [-0.3, -0.25) is 9.35 Å². The molecule has 19 heavy (non-hydrogen) atoms. The molecule has 0 saturated carbocycles. The van der Waals surface area contributed by atoms with Gasteiger partial charge in [0, 0.05) is 6.92 Å². The summed E-state index contributed by atoms with van der Waals surface area (Å²) in [4.78, 5) is 21.6. The highest BCUT2D eigenvalue weighted by Crippen LogP contribution is 2.11. The summed E-state index contributed by atoms with van der Waals surface area (Å²) in [6.45, 7) is 0.0496. The summed E-state index contributed by atoms with van der Waals surface area (Å²) >= 11 is 0. The predicted octanol–water partition coefficient (Wildman–Crippen LogP) is -3.41. The highest BCUT2D eigenvalue weighted by molar-refractivity contribution is 7.80. The van der Waals surface area contributed by atoms with Crippen molar-refractivity contribution in [2.75, 3.05) is 6.61 Å². The van der Waals surface area contributed by atoms with Crippen molar-refractivity contribution < 1.29 is 42.1 Å². The fourth-order valence-corrected chi connectivity index (χ4v) is 1.74. The van der Waals surface area contributed by atoms with Crippen LogP contribution in [-0.4, -0.2) is 71.4 Å². The standard InChI is InChI=1S/C8H15NO9S/c1-4(12)9-5(2-10)8(18-19(15,16)17)7(14)6(13)3-11/h2,5-8,11,13-14H,3H2,1H3,(H,9,12)(H,15,16,17)/t5-,6+,7-,8+/m0/s1. The second kappa shape index (κ2) is 7.47. The third-order valence-corrected chi connectivity index (χ3v) is 2.49. The van der Waals surface area contributed by atoms with Crippen LogP contribution in [0.4, 0.5) is 0 Å². The predicted molar refractivity (Wildman–Crippen MR) is 59.2 cm³/mol. The van der Waals surface area contributed by atoms with Gasteiger partial charge in [0.2, 0.25) is 5.91 Å². The molecular weight excluding hydrogens is 286 g/mol. The van der Waals surface area contributed by atoms with Crippen LogP contribution in [0.2, 0.25) is 0 Å². The largest absolute Gasteiger partial charge is 0.397 e. The Bertz CT molecular complexity index is 408. The fourth-order valence-electron chi connectivity index (χ4n) is 1.22.